The summed E-state index contributed by atoms with van der Waals surface area (Å²) in [6.07, 6.45) is 2.01. The molecule has 1 amide bonds. The van der Waals surface area contributed by atoms with Crippen LogP contribution in [0.5, 0.6) is 0 Å². The summed E-state index contributed by atoms with van der Waals surface area (Å²) in [6, 6.07) is 22.9. The molecular formula is C27H23I2N5O. The number of hydrogen-bond acceptors (Lipinski definition) is 3. The third-order valence-corrected chi connectivity index (χ3v) is 7.42. The molecule has 5 rings (SSSR count). The zero-order valence-electron chi connectivity index (χ0n) is 19.3. The van der Waals surface area contributed by atoms with Gasteiger partial charge in [-0.1, -0.05) is 18.2 Å². The molecule has 0 spiro atoms. The number of halogens is 2. The summed E-state index contributed by atoms with van der Waals surface area (Å²) in [5.74, 6) is -0.127. The van der Waals surface area contributed by atoms with Gasteiger partial charge >= 0.3 is 0 Å². The fourth-order valence-electron chi connectivity index (χ4n) is 4.39. The summed E-state index contributed by atoms with van der Waals surface area (Å²) < 4.78 is 6.50. The number of aryl methyl sites for hydroxylation is 2. The second-order valence-corrected chi connectivity index (χ2v) is 10.8. The van der Waals surface area contributed by atoms with Gasteiger partial charge in [-0.2, -0.15) is 10.2 Å². The predicted octanol–water partition coefficient (Wildman–Crippen LogP) is 6.35. The van der Waals surface area contributed by atoms with E-state index < -0.39 is 0 Å². The number of aromatic nitrogens is 3. The minimum absolute atomic E-state index is 0.127. The molecule has 2 aromatic heterocycles. The van der Waals surface area contributed by atoms with Crippen LogP contribution in [0.2, 0.25) is 0 Å². The van der Waals surface area contributed by atoms with E-state index in [-0.39, 0.29) is 5.91 Å². The maximum Gasteiger partial charge on any atom is 0.241 e. The largest absolute Gasteiger partial charge is 0.340 e. The molecule has 176 valence electrons. The van der Waals surface area contributed by atoms with Crippen molar-refractivity contribution in [2.45, 2.75) is 26.8 Å². The van der Waals surface area contributed by atoms with E-state index in [9.17, 15) is 4.79 Å². The zero-order chi connectivity index (χ0) is 24.5. The van der Waals surface area contributed by atoms with Crippen LogP contribution < -0.4 is 5.43 Å². The fraction of sp³-hybridized carbons (Fsp3) is 0.148. The van der Waals surface area contributed by atoms with Crippen LogP contribution in [0.25, 0.3) is 27.5 Å². The van der Waals surface area contributed by atoms with Gasteiger partial charge in [0.1, 0.15) is 0 Å². The molecular weight excluding hydrogens is 664 g/mol. The smallest absolute Gasteiger partial charge is 0.241 e. The topological polar surface area (TPSA) is 64.2 Å². The van der Waals surface area contributed by atoms with Crippen molar-refractivity contribution in [2.75, 3.05) is 0 Å². The number of benzene rings is 3. The average Bonchev–Trinajstić information content (AvgIpc) is 3.31. The number of rotatable bonds is 6. The minimum Gasteiger partial charge on any atom is -0.340 e. The lowest BCUT2D eigenvalue weighted by atomic mass is 10.2. The summed E-state index contributed by atoms with van der Waals surface area (Å²) in [6.45, 7) is 4.52. The molecule has 3 aromatic carbocycles. The molecule has 0 aliphatic heterocycles. The molecule has 0 atom stereocenters. The molecule has 1 N–H and O–H groups in total. The number of carbonyl (C=O) groups excluding carboxylic acids is 1. The van der Waals surface area contributed by atoms with Crippen LogP contribution in [0.4, 0.5) is 0 Å². The van der Waals surface area contributed by atoms with E-state index in [0.29, 0.717) is 13.0 Å². The fourth-order valence-corrected chi connectivity index (χ4v) is 5.37. The van der Waals surface area contributed by atoms with Crippen LogP contribution in [0.1, 0.15) is 23.4 Å². The van der Waals surface area contributed by atoms with Crippen LogP contribution in [-0.2, 0) is 11.3 Å². The number of amides is 1. The van der Waals surface area contributed by atoms with Gasteiger partial charge < -0.3 is 4.57 Å². The molecule has 0 saturated heterocycles. The average molecular weight is 687 g/mol. The Morgan fingerprint density at radius 3 is 2.23 bits per heavy atom. The van der Waals surface area contributed by atoms with Gasteiger partial charge in [-0.05, 0) is 108 Å². The van der Waals surface area contributed by atoms with Gasteiger partial charge in [0.15, 0.2) is 0 Å². The quantitative estimate of drug-likeness (QED) is 0.129. The molecule has 0 aliphatic carbocycles. The van der Waals surface area contributed by atoms with Gasteiger partial charge in [-0.15, -0.1) is 0 Å². The third kappa shape index (κ3) is 4.86. The van der Waals surface area contributed by atoms with Crippen LogP contribution in [0.15, 0.2) is 71.8 Å². The highest BCUT2D eigenvalue weighted by atomic mass is 127. The van der Waals surface area contributed by atoms with Gasteiger partial charge in [0.25, 0.3) is 0 Å². The summed E-state index contributed by atoms with van der Waals surface area (Å²) in [5, 5.41) is 11.3. The second kappa shape index (κ2) is 10.1. The normalized spacial score (nSPS) is 11.7. The number of hydrogen-bond donors (Lipinski definition) is 1. The van der Waals surface area contributed by atoms with Crippen molar-refractivity contribution in [1.82, 2.24) is 19.8 Å². The van der Waals surface area contributed by atoms with Gasteiger partial charge in [-0.3, -0.25) is 4.79 Å². The monoisotopic (exact) mass is 687 g/mol. The van der Waals surface area contributed by atoms with Crippen LogP contribution in [0, 0.1) is 21.0 Å². The first kappa shape index (κ1) is 24.0. The second-order valence-electron chi connectivity index (χ2n) is 8.35. The molecule has 0 saturated carbocycles. The van der Waals surface area contributed by atoms with Crippen molar-refractivity contribution in [3.8, 4) is 5.69 Å². The Bertz CT molecular complexity index is 1530. The van der Waals surface area contributed by atoms with Gasteiger partial charge in [0.2, 0.25) is 5.91 Å². The first-order valence-electron chi connectivity index (χ1n) is 11.2. The Labute approximate surface area is 230 Å². The van der Waals surface area contributed by atoms with E-state index in [0.717, 1.165) is 33.7 Å². The molecule has 0 bridgehead atoms. The zero-order valence-corrected chi connectivity index (χ0v) is 23.6. The van der Waals surface area contributed by atoms with Crippen LogP contribution in [-0.4, -0.2) is 26.5 Å². The highest BCUT2D eigenvalue weighted by Crippen LogP contribution is 2.31. The lowest BCUT2D eigenvalue weighted by Crippen LogP contribution is -2.19. The van der Waals surface area contributed by atoms with Crippen molar-refractivity contribution in [2.24, 2.45) is 5.10 Å². The van der Waals surface area contributed by atoms with Gasteiger partial charge in [-0.25, -0.2) is 10.1 Å². The molecule has 5 aromatic rings. The third-order valence-electron chi connectivity index (χ3n) is 6.08. The minimum atomic E-state index is -0.127. The maximum atomic E-state index is 12.6. The van der Waals surface area contributed by atoms with Crippen molar-refractivity contribution < 1.29 is 4.79 Å². The number of carbonyl (C=O) groups is 1. The molecule has 35 heavy (non-hydrogen) atoms. The number of fused-ring (bicyclic) bond motifs is 3. The summed E-state index contributed by atoms with van der Waals surface area (Å²) >= 11 is 4.69. The first-order chi connectivity index (χ1) is 16.9. The van der Waals surface area contributed by atoms with Gasteiger partial charge in [0.05, 0.1) is 23.3 Å². The molecule has 0 radical (unpaired) electrons. The highest BCUT2D eigenvalue weighted by molar-refractivity contribution is 14.1. The van der Waals surface area contributed by atoms with Crippen molar-refractivity contribution in [1.29, 1.82) is 0 Å². The summed E-state index contributed by atoms with van der Waals surface area (Å²) in [5.41, 5.74) is 8.69. The molecule has 2 heterocycles. The Morgan fingerprint density at radius 2 is 1.60 bits per heavy atom. The SMILES string of the molecule is Cc1nn(-c2ccccc2)c(C)c1/C=N/NC(=O)CCn1c2ccc(I)cc2c2cc(I)ccc21. The Hall–Kier alpha value is -2.73. The molecule has 6 nitrogen and oxygen atoms in total. The summed E-state index contributed by atoms with van der Waals surface area (Å²) in [4.78, 5) is 12.6. The van der Waals surface area contributed by atoms with Crippen molar-refractivity contribution >= 4 is 79.1 Å². The molecule has 8 heteroatoms. The van der Waals surface area contributed by atoms with Crippen molar-refractivity contribution in [3.05, 3.63) is 90.8 Å². The van der Waals surface area contributed by atoms with E-state index in [1.54, 1.807) is 6.21 Å². The van der Waals surface area contributed by atoms with Crippen LogP contribution in [0.3, 0.4) is 0 Å². The standard InChI is InChI=1S/C27H23I2N5O/c1-17-24(18(2)34(32-17)21-6-4-3-5-7-21)16-30-31-27(35)12-13-33-25-10-8-19(28)14-22(25)23-15-20(29)9-11-26(23)33/h3-11,14-16H,12-13H2,1-2H3,(H,31,35)/b30-16+. The lowest BCUT2D eigenvalue weighted by Gasteiger charge is -2.07. The predicted molar refractivity (Wildman–Crippen MR) is 158 cm³/mol. The van der Waals surface area contributed by atoms with E-state index in [4.69, 9.17) is 0 Å². The van der Waals surface area contributed by atoms with E-state index in [1.807, 2.05) is 48.9 Å². The number of hydrazone groups is 1. The Morgan fingerprint density at radius 1 is 0.971 bits per heavy atom. The molecule has 0 aliphatic rings. The van der Waals surface area contributed by atoms with Crippen LogP contribution >= 0.6 is 45.2 Å². The van der Waals surface area contributed by atoms with Gasteiger partial charge in [0, 0.05) is 47.5 Å². The Balaban J connectivity index is 1.31. The Kier molecular flexibility index (Phi) is 6.92. The summed E-state index contributed by atoms with van der Waals surface area (Å²) in [7, 11) is 0. The lowest BCUT2D eigenvalue weighted by molar-refractivity contribution is -0.121. The van der Waals surface area contributed by atoms with E-state index in [1.165, 1.54) is 17.9 Å². The maximum absolute atomic E-state index is 12.6. The first-order valence-corrected chi connectivity index (χ1v) is 13.4. The number of nitrogens with zero attached hydrogens (tertiary/aromatic N) is 4. The van der Waals surface area contributed by atoms with Crippen molar-refractivity contribution in [3.63, 3.8) is 0 Å². The van der Waals surface area contributed by atoms with E-state index >= 15 is 0 Å². The number of nitrogens with one attached hydrogen (secondary N) is 1. The number of para-hydroxylation sites is 1. The molecule has 0 fully saturated rings. The van der Waals surface area contributed by atoms with E-state index in [2.05, 4.69) is 102 Å². The molecule has 0 unspecified atom stereocenters. The highest BCUT2D eigenvalue weighted by Gasteiger charge is 2.13.